The maximum Gasteiger partial charge on any atom is 0.325 e. The van der Waals surface area contributed by atoms with Gasteiger partial charge in [0.25, 0.3) is 5.69 Å². The molecule has 2 amide bonds. The smallest absolute Gasteiger partial charge is 0.325 e. The minimum atomic E-state index is -0.893. The second kappa shape index (κ2) is 7.92. The largest absolute Gasteiger partial charge is 0.506 e. The van der Waals surface area contributed by atoms with Crippen molar-refractivity contribution in [2.75, 3.05) is 10.6 Å². The van der Waals surface area contributed by atoms with Crippen molar-refractivity contribution in [3.05, 3.63) is 56.3 Å². The number of phenols is 1. The summed E-state index contributed by atoms with van der Waals surface area (Å²) in [6.45, 7) is 0. The zero-order chi connectivity index (χ0) is 20.4. The molecule has 0 fully saturated rings. The molecule has 0 aliphatic heterocycles. The van der Waals surface area contributed by atoms with Crippen LogP contribution in [0.5, 0.6) is 5.75 Å². The average molecular weight is 444 g/mol. The summed E-state index contributed by atoms with van der Waals surface area (Å²) in [7, 11) is 0. The van der Waals surface area contributed by atoms with Crippen molar-refractivity contribution in [2.45, 2.75) is 0 Å². The number of non-ortho nitro benzene ring substituents is 1. The Labute approximate surface area is 169 Å². The number of benzene rings is 2. The summed E-state index contributed by atoms with van der Waals surface area (Å²) in [6.07, 6.45) is 0. The quantitative estimate of drug-likeness (QED) is 0.387. The molecule has 1 aromatic heterocycles. The van der Waals surface area contributed by atoms with E-state index in [2.05, 4.69) is 20.8 Å². The number of hydrogen-bond acceptors (Lipinski definition) is 7. The highest BCUT2D eigenvalue weighted by atomic mass is 35.5. The van der Waals surface area contributed by atoms with E-state index in [9.17, 15) is 24.4 Å². The van der Waals surface area contributed by atoms with E-state index < -0.39 is 16.8 Å². The van der Waals surface area contributed by atoms with Crippen molar-refractivity contribution in [3.8, 4) is 16.3 Å². The fourth-order valence-electron chi connectivity index (χ4n) is 2.08. The van der Waals surface area contributed by atoms with Gasteiger partial charge < -0.3 is 10.4 Å². The molecule has 144 valence electrons. The molecule has 0 aliphatic carbocycles. The van der Waals surface area contributed by atoms with E-state index in [-0.39, 0.29) is 42.9 Å². The van der Waals surface area contributed by atoms with Gasteiger partial charge in [-0.2, -0.15) is 0 Å². The first kappa shape index (κ1) is 19.7. The van der Waals surface area contributed by atoms with Crippen LogP contribution in [-0.2, 0) is 0 Å². The Balaban J connectivity index is 1.77. The number of nitro benzene ring substituents is 1. The standard InChI is InChI=1S/C15H8Cl2FN5O4S/c16-6-3-8(12(24)9(17)4-6)13-21-22-15(28-13)20-14(25)19-11-5-7(23(26)27)1-2-10(11)18/h1-5,24H,(H2,19,20,22,25). The Bertz CT molecular complexity index is 1090. The predicted molar refractivity (Wildman–Crippen MR) is 103 cm³/mol. The van der Waals surface area contributed by atoms with Crippen LogP contribution in [0.3, 0.4) is 0 Å². The molecule has 0 spiro atoms. The van der Waals surface area contributed by atoms with E-state index >= 15 is 0 Å². The average Bonchev–Trinajstić information content (AvgIpc) is 3.07. The maximum absolute atomic E-state index is 13.7. The normalized spacial score (nSPS) is 10.5. The van der Waals surface area contributed by atoms with E-state index in [0.717, 1.165) is 29.5 Å². The topological polar surface area (TPSA) is 130 Å². The van der Waals surface area contributed by atoms with Crippen molar-refractivity contribution < 1.29 is 19.2 Å². The number of rotatable bonds is 4. The molecule has 0 radical (unpaired) electrons. The number of nitrogens with one attached hydrogen (secondary N) is 2. The molecule has 2 aromatic carbocycles. The molecule has 3 N–H and O–H groups in total. The third kappa shape index (κ3) is 4.27. The molecular formula is C15H8Cl2FN5O4S. The molecule has 28 heavy (non-hydrogen) atoms. The minimum Gasteiger partial charge on any atom is -0.506 e. The third-order valence-corrected chi connectivity index (χ3v) is 4.69. The van der Waals surface area contributed by atoms with E-state index in [1.807, 2.05) is 0 Å². The molecule has 0 bridgehead atoms. The Morgan fingerprint density at radius 2 is 1.96 bits per heavy atom. The Hall–Kier alpha value is -3.02. The number of phenolic OH excluding ortho intramolecular Hbond substituents is 1. The lowest BCUT2D eigenvalue weighted by Gasteiger charge is -2.06. The predicted octanol–water partition coefficient (Wildman–Crippen LogP) is 4.91. The Morgan fingerprint density at radius 1 is 1.21 bits per heavy atom. The number of halogens is 3. The van der Waals surface area contributed by atoms with Gasteiger partial charge in [0.2, 0.25) is 5.13 Å². The van der Waals surface area contributed by atoms with Crippen molar-refractivity contribution in [1.29, 1.82) is 0 Å². The van der Waals surface area contributed by atoms with E-state index in [1.54, 1.807) is 0 Å². The number of carbonyl (C=O) groups is 1. The van der Waals surface area contributed by atoms with Crippen LogP contribution in [-0.4, -0.2) is 26.3 Å². The number of aromatic hydroxyl groups is 1. The summed E-state index contributed by atoms with van der Waals surface area (Å²) in [5, 5.41) is 33.3. The molecule has 1 heterocycles. The van der Waals surface area contributed by atoms with Crippen LogP contribution in [0, 0.1) is 15.9 Å². The SMILES string of the molecule is O=C(Nc1nnc(-c2cc(Cl)cc(Cl)c2O)s1)Nc1cc([N+](=O)[O-])ccc1F. The molecule has 0 saturated heterocycles. The summed E-state index contributed by atoms with van der Waals surface area (Å²) in [6, 6.07) is 4.59. The van der Waals surface area contributed by atoms with Gasteiger partial charge in [0, 0.05) is 17.2 Å². The van der Waals surface area contributed by atoms with Crippen molar-refractivity contribution in [1.82, 2.24) is 10.2 Å². The van der Waals surface area contributed by atoms with Gasteiger partial charge in [-0.3, -0.25) is 15.4 Å². The Morgan fingerprint density at radius 3 is 2.68 bits per heavy atom. The van der Waals surface area contributed by atoms with Gasteiger partial charge in [0.05, 0.1) is 21.2 Å². The van der Waals surface area contributed by atoms with Crippen LogP contribution in [0.2, 0.25) is 10.0 Å². The minimum absolute atomic E-state index is 0.0195. The zero-order valence-corrected chi connectivity index (χ0v) is 15.8. The summed E-state index contributed by atoms with van der Waals surface area (Å²) >= 11 is 12.7. The highest BCUT2D eigenvalue weighted by molar-refractivity contribution is 7.18. The van der Waals surface area contributed by atoms with Gasteiger partial charge in [-0.1, -0.05) is 34.5 Å². The van der Waals surface area contributed by atoms with E-state index in [1.165, 1.54) is 12.1 Å². The van der Waals surface area contributed by atoms with Gasteiger partial charge in [0.1, 0.15) is 11.6 Å². The lowest BCUT2D eigenvalue weighted by atomic mass is 10.2. The van der Waals surface area contributed by atoms with Crippen molar-refractivity contribution in [3.63, 3.8) is 0 Å². The number of aromatic nitrogens is 2. The first-order valence-corrected chi connectivity index (χ1v) is 8.85. The monoisotopic (exact) mass is 443 g/mol. The molecule has 0 atom stereocenters. The van der Waals surface area contributed by atoms with Crippen LogP contribution in [0.4, 0.5) is 25.7 Å². The molecule has 0 aliphatic rings. The van der Waals surface area contributed by atoms with E-state index in [0.29, 0.717) is 0 Å². The van der Waals surface area contributed by atoms with Gasteiger partial charge in [-0.25, -0.2) is 9.18 Å². The molecule has 0 saturated carbocycles. The van der Waals surface area contributed by atoms with Gasteiger partial charge >= 0.3 is 6.03 Å². The first-order valence-electron chi connectivity index (χ1n) is 7.28. The molecule has 0 unspecified atom stereocenters. The summed E-state index contributed by atoms with van der Waals surface area (Å²) in [4.78, 5) is 22.1. The number of carbonyl (C=O) groups excluding carboxylic acids is 1. The summed E-state index contributed by atoms with van der Waals surface area (Å²) < 4.78 is 13.7. The second-order valence-corrected chi connectivity index (χ2v) is 7.02. The maximum atomic E-state index is 13.7. The van der Waals surface area contributed by atoms with Gasteiger partial charge in [-0.05, 0) is 18.2 Å². The highest BCUT2D eigenvalue weighted by Crippen LogP contribution is 2.39. The molecule has 9 nitrogen and oxygen atoms in total. The first-order chi connectivity index (χ1) is 13.2. The fourth-order valence-corrected chi connectivity index (χ4v) is 3.33. The fraction of sp³-hybridized carbons (Fsp3) is 0. The Kier molecular flexibility index (Phi) is 5.58. The third-order valence-electron chi connectivity index (χ3n) is 3.31. The molecule has 3 aromatic rings. The van der Waals surface area contributed by atoms with Gasteiger partial charge in [-0.15, -0.1) is 10.2 Å². The lowest BCUT2D eigenvalue weighted by molar-refractivity contribution is -0.384. The number of nitrogens with zero attached hydrogens (tertiary/aromatic N) is 3. The second-order valence-electron chi connectivity index (χ2n) is 5.20. The zero-order valence-electron chi connectivity index (χ0n) is 13.4. The highest BCUT2D eigenvalue weighted by Gasteiger charge is 2.17. The van der Waals surface area contributed by atoms with Crippen LogP contribution in [0.25, 0.3) is 10.6 Å². The van der Waals surface area contributed by atoms with Crippen LogP contribution >= 0.6 is 34.5 Å². The summed E-state index contributed by atoms with van der Waals surface area (Å²) in [5.74, 6) is -1.10. The number of hydrogen-bond donors (Lipinski definition) is 3. The molecular weight excluding hydrogens is 436 g/mol. The number of urea groups is 1. The van der Waals surface area contributed by atoms with Gasteiger partial charge in [0.15, 0.2) is 5.01 Å². The molecule has 3 rings (SSSR count). The van der Waals surface area contributed by atoms with E-state index in [4.69, 9.17) is 23.2 Å². The van der Waals surface area contributed by atoms with Crippen molar-refractivity contribution >= 4 is 57.1 Å². The number of anilines is 2. The van der Waals surface area contributed by atoms with Crippen LogP contribution in [0.1, 0.15) is 0 Å². The number of nitro groups is 1. The van der Waals surface area contributed by atoms with Crippen molar-refractivity contribution in [2.24, 2.45) is 0 Å². The van der Waals surface area contributed by atoms with Crippen LogP contribution in [0.15, 0.2) is 30.3 Å². The van der Waals surface area contributed by atoms with Crippen LogP contribution < -0.4 is 10.6 Å². The number of amides is 2. The molecule has 13 heteroatoms. The summed E-state index contributed by atoms with van der Waals surface area (Å²) in [5.41, 5.74) is -0.549. The lowest BCUT2D eigenvalue weighted by Crippen LogP contribution is -2.20.